The quantitative estimate of drug-likeness (QED) is 0.450. The molecule has 0 unspecified atom stereocenters. The highest BCUT2D eigenvalue weighted by Crippen LogP contribution is 2.19. The van der Waals surface area contributed by atoms with E-state index in [0.717, 1.165) is 0 Å². The first kappa shape index (κ1) is 6.54. The van der Waals surface area contributed by atoms with E-state index in [1.165, 1.54) is 0 Å². The van der Waals surface area contributed by atoms with E-state index in [9.17, 15) is 4.91 Å². The molecule has 0 spiro atoms. The lowest BCUT2D eigenvalue weighted by Crippen LogP contribution is -2.56. The molecule has 52 valence electrons. The maximum Gasteiger partial charge on any atom is 0.278 e. The van der Waals surface area contributed by atoms with Crippen LogP contribution >= 0.6 is 0 Å². The monoisotopic (exact) mass is 138 g/mol. The average molecular weight is 138 g/mol. The zero-order valence-electron chi connectivity index (χ0n) is 5.29. The smallest absolute Gasteiger partial charge is 0.278 e. The molecule has 0 aromatic heterocycles. The number of hydrogen-bond donors (Lipinski definition) is 3. The van der Waals surface area contributed by atoms with Gasteiger partial charge in [-0.25, -0.2) is 0 Å². The normalized spacial score (nSPS) is 9.20. The van der Waals surface area contributed by atoms with Gasteiger partial charge in [0.05, 0.1) is 5.69 Å². The minimum atomic E-state index is 0.303. The van der Waals surface area contributed by atoms with Crippen LogP contribution < -0.4 is 16.6 Å². The number of nitrogen functional groups attached to an aromatic ring is 2. The topological polar surface area (TPSA) is 83.1 Å². The number of para-hydroxylation sites is 1. The second-order valence-corrected chi connectivity index (χ2v) is 1.91. The molecule has 0 aliphatic rings. The Balaban J connectivity index is 3.27. The predicted molar refractivity (Wildman–Crippen MR) is 39.3 cm³/mol. The summed E-state index contributed by atoms with van der Waals surface area (Å²) in [6.45, 7) is 0. The summed E-state index contributed by atoms with van der Waals surface area (Å²) >= 11 is 0. The van der Waals surface area contributed by atoms with Gasteiger partial charge in [-0.2, -0.15) is 0 Å². The molecule has 4 nitrogen and oxygen atoms in total. The summed E-state index contributed by atoms with van der Waals surface area (Å²) in [6, 6.07) is 4.86. The van der Waals surface area contributed by atoms with Crippen LogP contribution in [0.25, 0.3) is 0 Å². The molecule has 0 aliphatic heterocycles. The Labute approximate surface area is 57.8 Å². The fourth-order valence-electron chi connectivity index (χ4n) is 0.672. The number of hydrogen-bond acceptors (Lipinski definition) is 3. The van der Waals surface area contributed by atoms with E-state index in [0.29, 0.717) is 17.1 Å². The SMILES string of the molecule is Nc1cccc([NH+]=O)c1N. The van der Waals surface area contributed by atoms with Crippen LogP contribution in [0.4, 0.5) is 17.1 Å². The minimum absolute atomic E-state index is 0.303. The van der Waals surface area contributed by atoms with Crippen molar-refractivity contribution in [3.8, 4) is 0 Å². The third-order valence-electron chi connectivity index (χ3n) is 1.25. The summed E-state index contributed by atoms with van der Waals surface area (Å²) in [5.74, 6) is 0. The van der Waals surface area contributed by atoms with Gasteiger partial charge in [0.2, 0.25) is 0 Å². The van der Waals surface area contributed by atoms with Crippen molar-refractivity contribution in [2.45, 2.75) is 0 Å². The first-order valence-electron chi connectivity index (χ1n) is 2.78. The fourth-order valence-corrected chi connectivity index (χ4v) is 0.672. The molecule has 1 aromatic rings. The molecular weight excluding hydrogens is 130 g/mol. The van der Waals surface area contributed by atoms with Crippen LogP contribution in [0.15, 0.2) is 18.2 Å². The van der Waals surface area contributed by atoms with Crippen molar-refractivity contribution < 1.29 is 5.18 Å². The first-order valence-corrected chi connectivity index (χ1v) is 2.78. The van der Waals surface area contributed by atoms with Crippen LogP contribution in [0, 0.1) is 4.91 Å². The van der Waals surface area contributed by atoms with Crippen LogP contribution in [-0.4, -0.2) is 0 Å². The van der Waals surface area contributed by atoms with Crippen LogP contribution in [0.3, 0.4) is 0 Å². The largest absolute Gasteiger partial charge is 0.397 e. The van der Waals surface area contributed by atoms with E-state index in [4.69, 9.17) is 11.5 Å². The van der Waals surface area contributed by atoms with Crippen LogP contribution in [0.1, 0.15) is 0 Å². The van der Waals surface area contributed by atoms with Crippen molar-refractivity contribution in [3.63, 3.8) is 0 Å². The van der Waals surface area contributed by atoms with E-state index in [2.05, 4.69) is 0 Å². The number of benzene rings is 1. The van der Waals surface area contributed by atoms with Crippen molar-refractivity contribution in [1.82, 2.24) is 0 Å². The van der Waals surface area contributed by atoms with Crippen molar-refractivity contribution in [2.24, 2.45) is 0 Å². The Hall–Kier alpha value is -1.58. The van der Waals surface area contributed by atoms with E-state index >= 15 is 0 Å². The molecular formula is C6H8N3O+. The summed E-state index contributed by atoms with van der Waals surface area (Å²) < 4.78 is 0. The van der Waals surface area contributed by atoms with Crippen molar-refractivity contribution in [2.75, 3.05) is 11.5 Å². The van der Waals surface area contributed by atoms with E-state index in [1.807, 2.05) is 0 Å². The highest BCUT2D eigenvalue weighted by molar-refractivity contribution is 5.73. The Morgan fingerprint density at radius 1 is 1.30 bits per heavy atom. The van der Waals surface area contributed by atoms with Crippen LogP contribution in [0.2, 0.25) is 0 Å². The van der Waals surface area contributed by atoms with Gasteiger partial charge in [-0.05, 0) is 6.07 Å². The molecule has 0 atom stereocenters. The highest BCUT2D eigenvalue weighted by atomic mass is 16.3. The Morgan fingerprint density at radius 3 is 2.50 bits per heavy atom. The fraction of sp³-hybridized carbons (Fsp3) is 0. The maximum atomic E-state index is 10.1. The van der Waals surface area contributed by atoms with Gasteiger partial charge < -0.3 is 11.5 Å². The van der Waals surface area contributed by atoms with Crippen molar-refractivity contribution in [3.05, 3.63) is 23.1 Å². The predicted octanol–water partition coefficient (Wildman–Crippen LogP) is -0.671. The molecule has 0 radical (unpaired) electrons. The summed E-state index contributed by atoms with van der Waals surface area (Å²) in [7, 11) is 0. The number of nitrogens with one attached hydrogen (secondary N) is 1. The number of nitrogens with two attached hydrogens (primary N) is 2. The Kier molecular flexibility index (Phi) is 1.53. The van der Waals surface area contributed by atoms with Gasteiger partial charge in [-0.3, -0.25) is 0 Å². The van der Waals surface area contributed by atoms with Crippen molar-refractivity contribution in [1.29, 1.82) is 0 Å². The second-order valence-electron chi connectivity index (χ2n) is 1.91. The van der Waals surface area contributed by atoms with Gasteiger partial charge in [-0.15, -0.1) is 0 Å². The standard InChI is InChI=1S/C6H7N3O/c7-4-2-1-3-5(9-10)6(4)8/h1-3H,7-8H2/p+1. The van der Waals surface area contributed by atoms with Gasteiger partial charge in [0.15, 0.2) is 0 Å². The molecule has 0 bridgehead atoms. The first-order chi connectivity index (χ1) is 4.75. The van der Waals surface area contributed by atoms with Gasteiger partial charge in [0.25, 0.3) is 5.69 Å². The number of anilines is 2. The molecule has 0 aliphatic carbocycles. The molecule has 0 fully saturated rings. The number of rotatable bonds is 1. The zero-order chi connectivity index (χ0) is 7.56. The Bertz CT molecular complexity index is 259. The molecule has 0 saturated heterocycles. The molecule has 1 aromatic carbocycles. The van der Waals surface area contributed by atoms with Crippen molar-refractivity contribution >= 4 is 17.1 Å². The summed E-state index contributed by atoms with van der Waals surface area (Å²) in [5, 5.41) is 1.68. The third kappa shape index (κ3) is 0.907. The lowest BCUT2D eigenvalue weighted by Gasteiger charge is -1.94. The lowest BCUT2D eigenvalue weighted by atomic mass is 10.2. The van der Waals surface area contributed by atoms with E-state index in [1.54, 1.807) is 23.4 Å². The molecule has 10 heavy (non-hydrogen) atoms. The molecule has 4 heteroatoms. The highest BCUT2D eigenvalue weighted by Gasteiger charge is 2.05. The molecule has 5 N–H and O–H groups in total. The second kappa shape index (κ2) is 2.34. The maximum absolute atomic E-state index is 10.1. The average Bonchev–Trinajstić information content (AvgIpc) is 1.95. The summed E-state index contributed by atoms with van der Waals surface area (Å²) in [4.78, 5) is 10.1. The number of nitroso groups, excluding NO2 is 1. The van der Waals surface area contributed by atoms with Gasteiger partial charge in [0, 0.05) is 16.2 Å². The van der Waals surface area contributed by atoms with E-state index < -0.39 is 0 Å². The van der Waals surface area contributed by atoms with Gasteiger partial charge in [0.1, 0.15) is 5.69 Å². The lowest BCUT2D eigenvalue weighted by molar-refractivity contribution is -0.378. The Morgan fingerprint density at radius 2 is 2.00 bits per heavy atom. The summed E-state index contributed by atoms with van der Waals surface area (Å²) in [6.07, 6.45) is 0. The summed E-state index contributed by atoms with van der Waals surface area (Å²) in [5.41, 5.74) is 11.8. The minimum Gasteiger partial charge on any atom is -0.397 e. The van der Waals surface area contributed by atoms with Gasteiger partial charge in [-0.1, -0.05) is 6.07 Å². The molecule has 0 amide bonds. The van der Waals surface area contributed by atoms with Gasteiger partial charge >= 0.3 is 0 Å². The third-order valence-corrected chi connectivity index (χ3v) is 1.25. The molecule has 1 rings (SSSR count). The molecule has 0 heterocycles. The van der Waals surface area contributed by atoms with Crippen LogP contribution in [0.5, 0.6) is 0 Å². The van der Waals surface area contributed by atoms with Crippen LogP contribution in [-0.2, 0) is 0 Å². The molecule has 0 saturated carbocycles. The van der Waals surface area contributed by atoms with E-state index in [-0.39, 0.29) is 0 Å². The zero-order valence-corrected chi connectivity index (χ0v) is 5.29.